The average molecular weight is 210 g/mol. The summed E-state index contributed by atoms with van der Waals surface area (Å²) < 4.78 is 0. The molecule has 0 aliphatic carbocycles. The summed E-state index contributed by atoms with van der Waals surface area (Å²) in [6.07, 6.45) is 0. The molecule has 1 N–H and O–H groups in total. The van der Waals surface area contributed by atoms with E-state index in [9.17, 15) is 9.90 Å². The number of aromatic hydroxyl groups is 1. The molecule has 0 saturated carbocycles. The van der Waals surface area contributed by atoms with Gasteiger partial charge in [0.2, 0.25) is 0 Å². The van der Waals surface area contributed by atoms with E-state index in [0.29, 0.717) is 11.1 Å². The molecule has 0 fully saturated rings. The fourth-order valence-electron chi connectivity index (χ4n) is 1.24. The molecule has 0 heterocycles. The van der Waals surface area contributed by atoms with Gasteiger partial charge in [-0.15, -0.1) is 11.6 Å². The maximum atomic E-state index is 11.3. The Morgan fingerprint density at radius 3 is 2.79 bits per heavy atom. The number of halogens is 1. The first-order valence-electron chi connectivity index (χ1n) is 3.93. The van der Waals surface area contributed by atoms with Crippen molar-refractivity contribution in [3.8, 4) is 11.8 Å². The van der Waals surface area contributed by atoms with Gasteiger partial charge in [0.25, 0.3) is 0 Å². The van der Waals surface area contributed by atoms with Crippen LogP contribution in [0.2, 0.25) is 0 Å². The molecule has 1 aromatic rings. The van der Waals surface area contributed by atoms with Gasteiger partial charge in [0.1, 0.15) is 5.75 Å². The molecule has 1 rings (SSSR count). The monoisotopic (exact) mass is 209 g/mol. The van der Waals surface area contributed by atoms with Crippen LogP contribution in [0.4, 0.5) is 0 Å². The minimum absolute atomic E-state index is 0.132. The van der Waals surface area contributed by atoms with Crippen LogP contribution in [0.3, 0.4) is 0 Å². The molecule has 0 unspecified atom stereocenters. The summed E-state index contributed by atoms with van der Waals surface area (Å²) in [7, 11) is 0. The van der Waals surface area contributed by atoms with Crippen molar-refractivity contribution in [2.75, 3.05) is 5.88 Å². The summed E-state index contributed by atoms with van der Waals surface area (Å²) in [5, 5.41) is 18.1. The fourth-order valence-corrected chi connectivity index (χ4v) is 1.37. The normalized spacial score (nSPS) is 9.50. The zero-order valence-corrected chi connectivity index (χ0v) is 8.30. The van der Waals surface area contributed by atoms with Crippen LogP contribution in [0.25, 0.3) is 0 Å². The second-order valence-electron chi connectivity index (χ2n) is 2.80. The highest BCUT2D eigenvalue weighted by molar-refractivity contribution is 6.31. The van der Waals surface area contributed by atoms with Gasteiger partial charge in [-0.25, -0.2) is 0 Å². The maximum absolute atomic E-state index is 11.3. The number of alkyl halides is 1. The number of phenolic OH excluding ortho intramolecular Hbond substituents is 1. The molecule has 0 bridgehead atoms. The predicted molar refractivity (Wildman–Crippen MR) is 52.6 cm³/mol. The van der Waals surface area contributed by atoms with Crippen molar-refractivity contribution in [1.82, 2.24) is 0 Å². The van der Waals surface area contributed by atoms with E-state index in [0.717, 1.165) is 0 Å². The first kappa shape index (κ1) is 10.6. The summed E-state index contributed by atoms with van der Waals surface area (Å²) in [5.41, 5.74) is 0.980. The molecule has 1 aromatic carbocycles. The average Bonchev–Trinajstić information content (AvgIpc) is 2.18. The lowest BCUT2D eigenvalue weighted by Gasteiger charge is -2.06. The number of Topliss-reactive ketones (excluding diaryl/α,β-unsaturated/α-hetero) is 1. The first-order chi connectivity index (χ1) is 6.61. The summed E-state index contributed by atoms with van der Waals surface area (Å²) in [5.74, 6) is -0.713. The van der Waals surface area contributed by atoms with Crippen LogP contribution in [-0.4, -0.2) is 16.8 Å². The molecule has 0 radical (unpaired) electrons. The Hall–Kier alpha value is -1.53. The van der Waals surface area contributed by atoms with Crippen molar-refractivity contribution in [2.24, 2.45) is 0 Å². The van der Waals surface area contributed by atoms with Crippen LogP contribution in [0.5, 0.6) is 5.75 Å². The number of carbonyl (C=O) groups is 1. The van der Waals surface area contributed by atoms with Gasteiger partial charge in [0.05, 0.1) is 23.1 Å². The zero-order valence-electron chi connectivity index (χ0n) is 7.54. The molecule has 3 nitrogen and oxygen atoms in total. The molecular weight excluding hydrogens is 202 g/mol. The van der Waals surface area contributed by atoms with E-state index < -0.39 is 0 Å². The van der Waals surface area contributed by atoms with Gasteiger partial charge >= 0.3 is 0 Å². The number of nitriles is 1. The Kier molecular flexibility index (Phi) is 3.10. The number of ketones is 1. The van der Waals surface area contributed by atoms with Crippen molar-refractivity contribution in [3.05, 3.63) is 28.8 Å². The fraction of sp³-hybridized carbons (Fsp3) is 0.200. The van der Waals surface area contributed by atoms with Crippen LogP contribution >= 0.6 is 11.6 Å². The lowest BCUT2D eigenvalue weighted by Crippen LogP contribution is -2.04. The molecule has 0 saturated heterocycles. The van der Waals surface area contributed by atoms with E-state index in [4.69, 9.17) is 16.9 Å². The predicted octanol–water partition coefficient (Wildman–Crippen LogP) is 1.99. The standard InChI is InChI=1S/C10H8ClNO2/c1-6-7(5-12)2-3-8(13)10(6)9(14)4-11/h2-3,13H,4H2,1H3. The topological polar surface area (TPSA) is 61.1 Å². The Labute approximate surface area is 86.5 Å². The van der Waals surface area contributed by atoms with Crippen molar-refractivity contribution in [2.45, 2.75) is 6.92 Å². The van der Waals surface area contributed by atoms with Gasteiger partial charge < -0.3 is 5.11 Å². The Bertz CT molecular complexity index is 421. The molecule has 0 atom stereocenters. The summed E-state index contributed by atoms with van der Waals surface area (Å²) >= 11 is 5.38. The quantitative estimate of drug-likeness (QED) is 0.599. The molecule has 72 valence electrons. The Morgan fingerprint density at radius 2 is 2.29 bits per heavy atom. The van der Waals surface area contributed by atoms with Gasteiger partial charge in [-0.2, -0.15) is 5.26 Å². The lowest BCUT2D eigenvalue weighted by atomic mass is 9.99. The van der Waals surface area contributed by atoms with Crippen LogP contribution in [0.1, 0.15) is 21.5 Å². The number of benzene rings is 1. The minimum atomic E-state index is -0.376. The third-order valence-corrected chi connectivity index (χ3v) is 2.21. The van der Waals surface area contributed by atoms with Crippen molar-refractivity contribution in [3.63, 3.8) is 0 Å². The van der Waals surface area contributed by atoms with Gasteiger partial charge in [-0.1, -0.05) is 0 Å². The molecule has 0 amide bonds. The van der Waals surface area contributed by atoms with Crippen LogP contribution in [0.15, 0.2) is 12.1 Å². The van der Waals surface area contributed by atoms with Crippen LogP contribution < -0.4 is 0 Å². The highest BCUT2D eigenvalue weighted by Gasteiger charge is 2.15. The second-order valence-corrected chi connectivity index (χ2v) is 3.07. The number of rotatable bonds is 2. The van der Waals surface area contributed by atoms with E-state index in [1.807, 2.05) is 6.07 Å². The van der Waals surface area contributed by atoms with E-state index in [-0.39, 0.29) is 23.0 Å². The van der Waals surface area contributed by atoms with E-state index in [2.05, 4.69) is 0 Å². The number of nitrogens with zero attached hydrogens (tertiary/aromatic N) is 1. The van der Waals surface area contributed by atoms with Crippen molar-refractivity contribution >= 4 is 17.4 Å². The van der Waals surface area contributed by atoms with Crippen molar-refractivity contribution in [1.29, 1.82) is 5.26 Å². The highest BCUT2D eigenvalue weighted by atomic mass is 35.5. The Balaban J connectivity index is 3.42. The van der Waals surface area contributed by atoms with Crippen LogP contribution in [-0.2, 0) is 0 Å². The number of phenols is 1. The first-order valence-corrected chi connectivity index (χ1v) is 4.47. The van der Waals surface area contributed by atoms with E-state index >= 15 is 0 Å². The molecule has 4 heteroatoms. The van der Waals surface area contributed by atoms with Gasteiger partial charge in [0.15, 0.2) is 5.78 Å². The summed E-state index contributed by atoms with van der Waals surface area (Å²) in [6.45, 7) is 1.61. The molecule has 0 aliphatic heterocycles. The number of hydrogen-bond acceptors (Lipinski definition) is 3. The largest absolute Gasteiger partial charge is 0.507 e. The van der Waals surface area contributed by atoms with Crippen molar-refractivity contribution < 1.29 is 9.90 Å². The minimum Gasteiger partial charge on any atom is -0.507 e. The third-order valence-electron chi connectivity index (χ3n) is 1.96. The number of carbonyl (C=O) groups excluding carboxylic acids is 1. The van der Waals surface area contributed by atoms with Gasteiger partial charge in [-0.05, 0) is 24.6 Å². The molecule has 0 aromatic heterocycles. The Morgan fingerprint density at radius 1 is 1.64 bits per heavy atom. The highest BCUT2D eigenvalue weighted by Crippen LogP contribution is 2.24. The smallest absolute Gasteiger partial charge is 0.181 e. The second kappa shape index (κ2) is 4.12. The maximum Gasteiger partial charge on any atom is 0.181 e. The number of hydrogen-bond donors (Lipinski definition) is 1. The SMILES string of the molecule is Cc1c(C#N)ccc(O)c1C(=O)CCl. The van der Waals surface area contributed by atoms with E-state index in [1.165, 1.54) is 12.1 Å². The summed E-state index contributed by atoms with van der Waals surface area (Å²) in [4.78, 5) is 11.3. The molecule has 14 heavy (non-hydrogen) atoms. The molecule has 0 aliphatic rings. The van der Waals surface area contributed by atoms with Crippen LogP contribution in [0, 0.1) is 18.3 Å². The third kappa shape index (κ3) is 1.70. The molecular formula is C10H8ClNO2. The molecule has 0 spiro atoms. The van der Waals surface area contributed by atoms with Gasteiger partial charge in [0, 0.05) is 0 Å². The lowest BCUT2D eigenvalue weighted by molar-refractivity contribution is 0.101. The van der Waals surface area contributed by atoms with Gasteiger partial charge in [-0.3, -0.25) is 4.79 Å². The zero-order chi connectivity index (χ0) is 10.7. The van der Waals surface area contributed by atoms with E-state index in [1.54, 1.807) is 6.92 Å². The summed E-state index contributed by atoms with van der Waals surface area (Å²) in [6, 6.07) is 4.73.